The molecule has 12 rings (SSSR count). The van der Waals surface area contributed by atoms with Crippen LogP contribution in [0.1, 0.15) is 62.8 Å². The van der Waals surface area contributed by atoms with Crippen LogP contribution in [-0.2, 0) is 10.8 Å². The highest BCUT2D eigenvalue weighted by molar-refractivity contribution is 7.26. The van der Waals surface area contributed by atoms with Gasteiger partial charge < -0.3 is 13.8 Å². The molecule has 0 amide bonds. The Balaban J connectivity index is 1.27. The molecule has 3 aromatic heterocycles. The third kappa shape index (κ3) is 3.71. The van der Waals surface area contributed by atoms with Gasteiger partial charge in [0.25, 0.3) is 0 Å². The number of hydrogen-bond donors (Lipinski definition) is 0. The van der Waals surface area contributed by atoms with E-state index in [-0.39, 0.29) is 17.7 Å². The smallest absolute Gasteiger partial charge is 0.333 e. The molecule has 3 nitrogen and oxygen atoms in total. The van der Waals surface area contributed by atoms with Gasteiger partial charge in [-0.05, 0) is 101 Å². The van der Waals surface area contributed by atoms with Crippen molar-refractivity contribution in [1.29, 1.82) is 0 Å². The molecule has 0 saturated heterocycles. The summed E-state index contributed by atoms with van der Waals surface area (Å²) in [6.07, 6.45) is 2.37. The van der Waals surface area contributed by atoms with Gasteiger partial charge in [0, 0.05) is 54.1 Å². The molecule has 53 heavy (non-hydrogen) atoms. The zero-order valence-electron chi connectivity index (χ0n) is 31.0. The minimum absolute atomic E-state index is 0.0132. The Morgan fingerprint density at radius 3 is 2.25 bits per heavy atom. The Hall–Kier alpha value is -5.26. The zero-order valence-corrected chi connectivity index (χ0v) is 31.8. The molecule has 256 valence electrons. The predicted octanol–water partition coefficient (Wildman–Crippen LogP) is 12.3. The first-order valence-corrected chi connectivity index (χ1v) is 19.9. The molecule has 9 aromatic rings. The molecule has 1 aliphatic carbocycles. The van der Waals surface area contributed by atoms with Crippen molar-refractivity contribution in [3.63, 3.8) is 0 Å². The molecular formula is C48H39BN2OS. The molecule has 5 heterocycles. The maximum absolute atomic E-state index is 7.03. The second kappa shape index (κ2) is 9.83. The minimum Gasteiger partial charge on any atom is -0.454 e. The topological polar surface area (TPSA) is 21.3 Å². The van der Waals surface area contributed by atoms with Crippen molar-refractivity contribution in [2.75, 3.05) is 4.90 Å². The summed E-state index contributed by atoms with van der Waals surface area (Å²) in [5.41, 5.74) is 18.0. The number of fused-ring (bicyclic) bond motifs is 14. The van der Waals surface area contributed by atoms with Crippen LogP contribution in [0.25, 0.3) is 64.3 Å². The molecule has 0 bridgehead atoms. The second-order valence-corrected chi connectivity index (χ2v) is 18.3. The highest BCUT2D eigenvalue weighted by Crippen LogP contribution is 2.53. The Morgan fingerprint density at radius 2 is 1.42 bits per heavy atom. The maximum atomic E-state index is 7.03. The highest BCUT2D eigenvalue weighted by Gasteiger charge is 2.46. The Labute approximate surface area is 313 Å². The van der Waals surface area contributed by atoms with Gasteiger partial charge in [0.2, 0.25) is 0 Å². The standard InChI is InChI=1S/C48H39BN2OS/c1-26-22-33-29-14-11-15-32-41-31-13-8-10-17-40(31)53-46(41)51(43(29)32)49-36-19-18-30-28-12-7-9-16-39(28)52-45(30)44(36)50(38(23-26)42(33)49)37-25-35-34(24-27(37)2)47(3,4)20-21-48(35,5)6/h7-19,22-25H,20-21H2,1-6H3. The molecule has 0 saturated carbocycles. The van der Waals surface area contributed by atoms with Gasteiger partial charge in [0.1, 0.15) is 5.58 Å². The Kier molecular flexibility index (Phi) is 5.61. The van der Waals surface area contributed by atoms with Gasteiger partial charge in [-0.25, -0.2) is 0 Å². The van der Waals surface area contributed by atoms with Crippen LogP contribution in [0.3, 0.4) is 0 Å². The fraction of sp³-hybridized carbons (Fsp3) is 0.208. The van der Waals surface area contributed by atoms with E-state index in [4.69, 9.17) is 4.42 Å². The molecule has 5 heteroatoms. The molecular weight excluding hydrogens is 663 g/mol. The van der Waals surface area contributed by atoms with Crippen LogP contribution in [0.4, 0.5) is 17.1 Å². The van der Waals surface area contributed by atoms with E-state index in [9.17, 15) is 0 Å². The molecule has 0 unspecified atom stereocenters. The third-order valence-electron chi connectivity index (χ3n) is 13.2. The van der Waals surface area contributed by atoms with Crippen molar-refractivity contribution < 1.29 is 4.42 Å². The summed E-state index contributed by atoms with van der Waals surface area (Å²) in [4.78, 5) is 3.95. The first-order chi connectivity index (χ1) is 25.6. The van der Waals surface area contributed by atoms with Crippen LogP contribution in [0.5, 0.6) is 0 Å². The SMILES string of the molecule is Cc1cc2c3c(c1)N(c1cc4c(cc1C)C(C)(C)CCC4(C)C)c1c(ccc4c1oc1ccccc14)B3n1c3sc4ccccc4c3c3cccc-2c31. The summed E-state index contributed by atoms with van der Waals surface area (Å²) < 4.78 is 11.1. The van der Waals surface area contributed by atoms with Crippen LogP contribution >= 0.6 is 11.3 Å². The van der Waals surface area contributed by atoms with Gasteiger partial charge in [-0.3, -0.25) is 0 Å². The van der Waals surface area contributed by atoms with E-state index >= 15 is 0 Å². The van der Waals surface area contributed by atoms with Crippen LogP contribution in [-0.4, -0.2) is 11.3 Å². The van der Waals surface area contributed by atoms with E-state index in [1.807, 2.05) is 11.3 Å². The van der Waals surface area contributed by atoms with E-state index in [0.717, 1.165) is 16.6 Å². The van der Waals surface area contributed by atoms with Crippen LogP contribution in [0.2, 0.25) is 0 Å². The van der Waals surface area contributed by atoms with Crippen molar-refractivity contribution in [1.82, 2.24) is 4.48 Å². The van der Waals surface area contributed by atoms with Crippen molar-refractivity contribution >= 4 is 99.3 Å². The molecule has 6 aromatic carbocycles. The maximum Gasteiger partial charge on any atom is 0.333 e. The average Bonchev–Trinajstić information content (AvgIpc) is 3.82. The van der Waals surface area contributed by atoms with Gasteiger partial charge in [-0.2, -0.15) is 0 Å². The normalized spacial score (nSPS) is 16.6. The first kappa shape index (κ1) is 30.2. The molecule has 0 N–H and O–H groups in total. The van der Waals surface area contributed by atoms with Crippen LogP contribution < -0.4 is 15.8 Å². The number of hydrogen-bond acceptors (Lipinski definition) is 3. The molecule has 0 atom stereocenters. The van der Waals surface area contributed by atoms with Gasteiger partial charge in [-0.15, -0.1) is 11.3 Å². The van der Waals surface area contributed by atoms with E-state index in [0.29, 0.717) is 0 Å². The second-order valence-electron chi connectivity index (χ2n) is 17.3. The van der Waals surface area contributed by atoms with E-state index in [1.165, 1.54) is 111 Å². The molecule has 3 aliphatic rings. The van der Waals surface area contributed by atoms with Crippen molar-refractivity contribution in [2.24, 2.45) is 0 Å². The third-order valence-corrected chi connectivity index (χ3v) is 14.4. The Bertz CT molecular complexity index is 3120. The van der Waals surface area contributed by atoms with Gasteiger partial charge >= 0.3 is 6.85 Å². The minimum atomic E-state index is -0.0132. The largest absolute Gasteiger partial charge is 0.454 e. The average molecular weight is 703 g/mol. The van der Waals surface area contributed by atoms with E-state index in [2.05, 4.69) is 154 Å². The summed E-state index contributed by atoms with van der Waals surface area (Å²) in [6.45, 7) is 14.3. The molecule has 0 radical (unpaired) electrons. The number of aromatic nitrogens is 1. The van der Waals surface area contributed by atoms with E-state index in [1.54, 1.807) is 0 Å². The lowest BCUT2D eigenvalue weighted by molar-refractivity contribution is 0.332. The summed E-state index contributed by atoms with van der Waals surface area (Å²) in [6, 6.07) is 39.2. The number of aryl methyl sites for hydroxylation is 2. The first-order valence-electron chi connectivity index (χ1n) is 19.1. The lowest BCUT2D eigenvalue weighted by Gasteiger charge is -2.44. The van der Waals surface area contributed by atoms with Crippen molar-refractivity contribution in [3.05, 3.63) is 125 Å². The van der Waals surface area contributed by atoms with Crippen molar-refractivity contribution in [2.45, 2.75) is 65.2 Å². The fourth-order valence-corrected chi connectivity index (χ4v) is 11.7. The number of benzene rings is 6. The van der Waals surface area contributed by atoms with Crippen LogP contribution in [0, 0.1) is 13.8 Å². The van der Waals surface area contributed by atoms with Crippen molar-refractivity contribution in [3.8, 4) is 11.1 Å². The number of para-hydroxylation sites is 2. The van der Waals surface area contributed by atoms with Gasteiger partial charge in [-0.1, -0.05) is 107 Å². The summed E-state index contributed by atoms with van der Waals surface area (Å²) >= 11 is 1.93. The predicted molar refractivity (Wildman–Crippen MR) is 227 cm³/mol. The summed E-state index contributed by atoms with van der Waals surface area (Å²) in [5.74, 6) is 0. The number of furan rings is 1. The highest BCUT2D eigenvalue weighted by atomic mass is 32.1. The summed E-state index contributed by atoms with van der Waals surface area (Å²) in [5, 5.41) is 6.38. The zero-order chi connectivity index (χ0) is 35.7. The number of nitrogens with zero attached hydrogens (tertiary/aromatic N) is 2. The van der Waals surface area contributed by atoms with Crippen LogP contribution in [0.15, 0.2) is 108 Å². The Morgan fingerprint density at radius 1 is 0.679 bits per heavy atom. The lowest BCUT2D eigenvalue weighted by Crippen LogP contribution is -2.56. The molecule has 0 spiro atoms. The fourth-order valence-electron chi connectivity index (χ4n) is 10.5. The number of rotatable bonds is 1. The summed E-state index contributed by atoms with van der Waals surface area (Å²) in [7, 11) is 0. The van der Waals surface area contributed by atoms with Gasteiger partial charge in [0.15, 0.2) is 5.58 Å². The van der Waals surface area contributed by atoms with Gasteiger partial charge in [0.05, 0.1) is 10.5 Å². The quantitative estimate of drug-likeness (QED) is 0.159. The lowest BCUT2D eigenvalue weighted by atomic mass is 9.45. The molecule has 0 fully saturated rings. The van der Waals surface area contributed by atoms with E-state index < -0.39 is 0 Å². The number of thiophene rings is 1. The number of anilines is 3. The molecule has 2 aliphatic heterocycles. The monoisotopic (exact) mass is 702 g/mol.